The summed E-state index contributed by atoms with van der Waals surface area (Å²) in [7, 11) is 1.51. The molecule has 1 amide bonds. The molecule has 0 bridgehead atoms. The van der Waals surface area contributed by atoms with Crippen LogP contribution in [0.1, 0.15) is 23.2 Å². The maximum absolute atomic E-state index is 12.9. The molecule has 8 heteroatoms. The van der Waals surface area contributed by atoms with Crippen LogP contribution < -0.4 is 4.74 Å². The Kier molecular flexibility index (Phi) is 5.98. The van der Waals surface area contributed by atoms with Gasteiger partial charge in [0.25, 0.3) is 5.91 Å². The molecule has 0 fully saturated rings. The first-order valence-electron chi connectivity index (χ1n) is 8.23. The number of aromatic nitrogens is 2. The molecule has 0 spiro atoms. The fraction of sp³-hybridized carbons (Fsp3) is 0.211. The Labute approximate surface area is 166 Å². The standard InChI is InChI=1S/C19H17Cl2N3O3/c1-3-24(19(25)15-10-14(21)8-9-16(15)26-2)11-17-22-18(23-27-17)12-4-6-13(20)7-5-12/h4-10H,3,11H2,1-2H3. The summed E-state index contributed by atoms with van der Waals surface area (Å²) in [4.78, 5) is 18.8. The summed E-state index contributed by atoms with van der Waals surface area (Å²) in [6, 6.07) is 12.0. The highest BCUT2D eigenvalue weighted by molar-refractivity contribution is 6.31. The second-order valence-corrected chi connectivity index (χ2v) is 6.56. The second kappa shape index (κ2) is 8.41. The van der Waals surface area contributed by atoms with Gasteiger partial charge in [0, 0.05) is 22.2 Å². The van der Waals surface area contributed by atoms with E-state index in [1.54, 1.807) is 47.4 Å². The number of carbonyl (C=O) groups is 1. The van der Waals surface area contributed by atoms with E-state index in [2.05, 4.69) is 10.1 Å². The summed E-state index contributed by atoms with van der Waals surface area (Å²) >= 11 is 11.9. The molecule has 0 N–H and O–H groups in total. The predicted octanol–water partition coefficient (Wildman–Crippen LogP) is 4.71. The largest absolute Gasteiger partial charge is 0.496 e. The minimum atomic E-state index is -0.233. The van der Waals surface area contributed by atoms with Crippen molar-refractivity contribution in [2.75, 3.05) is 13.7 Å². The van der Waals surface area contributed by atoms with E-state index in [9.17, 15) is 4.79 Å². The van der Waals surface area contributed by atoms with Crippen molar-refractivity contribution in [1.82, 2.24) is 15.0 Å². The van der Waals surface area contributed by atoms with Crippen LogP contribution in [0, 0.1) is 0 Å². The van der Waals surface area contributed by atoms with Crippen LogP contribution in [-0.2, 0) is 6.54 Å². The van der Waals surface area contributed by atoms with E-state index in [4.69, 9.17) is 32.5 Å². The number of hydrogen-bond donors (Lipinski definition) is 0. The fourth-order valence-corrected chi connectivity index (χ4v) is 2.84. The molecule has 27 heavy (non-hydrogen) atoms. The smallest absolute Gasteiger partial charge is 0.258 e. The zero-order valence-corrected chi connectivity index (χ0v) is 16.3. The average molecular weight is 406 g/mol. The van der Waals surface area contributed by atoms with Crippen molar-refractivity contribution in [3.05, 3.63) is 64.0 Å². The normalized spacial score (nSPS) is 10.7. The Morgan fingerprint density at radius 3 is 2.52 bits per heavy atom. The molecule has 2 aromatic carbocycles. The minimum Gasteiger partial charge on any atom is -0.496 e. The molecule has 6 nitrogen and oxygen atoms in total. The molecule has 140 valence electrons. The van der Waals surface area contributed by atoms with Crippen molar-refractivity contribution in [3.8, 4) is 17.1 Å². The topological polar surface area (TPSA) is 68.5 Å². The van der Waals surface area contributed by atoms with Gasteiger partial charge >= 0.3 is 0 Å². The Hall–Kier alpha value is -2.57. The van der Waals surface area contributed by atoms with Gasteiger partial charge in [-0.1, -0.05) is 28.4 Å². The van der Waals surface area contributed by atoms with Crippen molar-refractivity contribution >= 4 is 29.1 Å². The number of carbonyl (C=O) groups excluding carboxylic acids is 1. The van der Waals surface area contributed by atoms with Gasteiger partial charge in [-0.15, -0.1) is 0 Å². The van der Waals surface area contributed by atoms with E-state index in [0.717, 1.165) is 5.56 Å². The molecule has 0 saturated heterocycles. The highest BCUT2D eigenvalue weighted by Crippen LogP contribution is 2.25. The molecule has 3 rings (SSSR count). The molecule has 3 aromatic rings. The van der Waals surface area contributed by atoms with Gasteiger partial charge in [-0.2, -0.15) is 4.98 Å². The predicted molar refractivity (Wildman–Crippen MR) is 103 cm³/mol. The van der Waals surface area contributed by atoms with Crippen LogP contribution in [0.4, 0.5) is 0 Å². The van der Waals surface area contributed by atoms with E-state index >= 15 is 0 Å². The lowest BCUT2D eigenvalue weighted by molar-refractivity contribution is 0.0731. The van der Waals surface area contributed by atoms with Crippen LogP contribution in [-0.4, -0.2) is 34.6 Å². The summed E-state index contributed by atoms with van der Waals surface area (Å²) in [6.45, 7) is 2.49. The Morgan fingerprint density at radius 1 is 1.15 bits per heavy atom. The number of benzene rings is 2. The second-order valence-electron chi connectivity index (χ2n) is 5.68. The minimum absolute atomic E-state index is 0.172. The first-order valence-corrected chi connectivity index (χ1v) is 8.98. The Bertz CT molecular complexity index is 942. The monoisotopic (exact) mass is 405 g/mol. The van der Waals surface area contributed by atoms with Gasteiger partial charge in [0.15, 0.2) is 0 Å². The van der Waals surface area contributed by atoms with E-state index in [0.29, 0.717) is 39.6 Å². The summed E-state index contributed by atoms with van der Waals surface area (Å²) in [6.07, 6.45) is 0. The van der Waals surface area contributed by atoms with Crippen LogP contribution in [0.2, 0.25) is 10.0 Å². The number of halogens is 2. The average Bonchev–Trinajstić information content (AvgIpc) is 3.14. The van der Waals surface area contributed by atoms with E-state index in [1.165, 1.54) is 7.11 Å². The van der Waals surface area contributed by atoms with Crippen LogP contribution in [0.15, 0.2) is 47.0 Å². The maximum Gasteiger partial charge on any atom is 0.258 e. The van der Waals surface area contributed by atoms with E-state index < -0.39 is 0 Å². The number of amides is 1. The lowest BCUT2D eigenvalue weighted by Crippen LogP contribution is -2.30. The number of rotatable bonds is 6. The lowest BCUT2D eigenvalue weighted by Gasteiger charge is -2.20. The third-order valence-electron chi connectivity index (χ3n) is 3.96. The molecule has 0 saturated carbocycles. The zero-order valence-electron chi connectivity index (χ0n) is 14.8. The molecule has 0 aliphatic carbocycles. The van der Waals surface area contributed by atoms with Crippen LogP contribution in [0.25, 0.3) is 11.4 Å². The molecule has 0 aliphatic heterocycles. The van der Waals surface area contributed by atoms with Gasteiger partial charge in [0.2, 0.25) is 11.7 Å². The molecule has 0 unspecified atom stereocenters. The Balaban J connectivity index is 1.80. The molecule has 1 heterocycles. The van der Waals surface area contributed by atoms with Gasteiger partial charge in [-0.05, 0) is 49.4 Å². The van der Waals surface area contributed by atoms with Crippen molar-refractivity contribution in [1.29, 1.82) is 0 Å². The number of methoxy groups -OCH3 is 1. The third kappa shape index (κ3) is 4.40. The van der Waals surface area contributed by atoms with Gasteiger partial charge in [0.05, 0.1) is 12.7 Å². The quantitative estimate of drug-likeness (QED) is 0.593. The van der Waals surface area contributed by atoms with Crippen molar-refractivity contribution in [3.63, 3.8) is 0 Å². The molecule has 0 aliphatic rings. The molecule has 0 radical (unpaired) electrons. The number of nitrogens with zero attached hydrogens (tertiary/aromatic N) is 3. The summed E-state index contributed by atoms with van der Waals surface area (Å²) < 4.78 is 10.6. The summed E-state index contributed by atoms with van der Waals surface area (Å²) in [5.74, 6) is 0.986. The maximum atomic E-state index is 12.9. The van der Waals surface area contributed by atoms with Crippen molar-refractivity contribution in [2.45, 2.75) is 13.5 Å². The van der Waals surface area contributed by atoms with Gasteiger partial charge in [-0.3, -0.25) is 4.79 Å². The number of ether oxygens (including phenoxy) is 1. The SMILES string of the molecule is CCN(Cc1nc(-c2ccc(Cl)cc2)no1)C(=O)c1cc(Cl)ccc1OC. The molecule has 1 aromatic heterocycles. The molecular formula is C19H17Cl2N3O3. The Morgan fingerprint density at radius 2 is 1.85 bits per heavy atom. The van der Waals surface area contributed by atoms with Crippen molar-refractivity contribution in [2.24, 2.45) is 0 Å². The third-order valence-corrected chi connectivity index (χ3v) is 4.44. The lowest BCUT2D eigenvalue weighted by atomic mass is 10.1. The number of hydrogen-bond acceptors (Lipinski definition) is 5. The molecular weight excluding hydrogens is 389 g/mol. The highest BCUT2D eigenvalue weighted by atomic mass is 35.5. The van der Waals surface area contributed by atoms with Gasteiger partial charge < -0.3 is 14.2 Å². The fourth-order valence-electron chi connectivity index (χ4n) is 2.54. The van der Waals surface area contributed by atoms with Crippen LogP contribution >= 0.6 is 23.2 Å². The van der Waals surface area contributed by atoms with Gasteiger partial charge in [-0.25, -0.2) is 0 Å². The van der Waals surface area contributed by atoms with Crippen LogP contribution in [0.5, 0.6) is 5.75 Å². The van der Waals surface area contributed by atoms with Gasteiger partial charge in [0.1, 0.15) is 12.3 Å². The first kappa shape index (κ1) is 19.2. The summed E-state index contributed by atoms with van der Waals surface area (Å²) in [5, 5.41) is 5.05. The van der Waals surface area contributed by atoms with E-state index in [-0.39, 0.29) is 12.5 Å². The van der Waals surface area contributed by atoms with Crippen molar-refractivity contribution < 1.29 is 14.1 Å². The molecule has 0 atom stereocenters. The highest BCUT2D eigenvalue weighted by Gasteiger charge is 2.21. The van der Waals surface area contributed by atoms with E-state index in [1.807, 2.05) is 6.92 Å². The van der Waals surface area contributed by atoms with Crippen LogP contribution in [0.3, 0.4) is 0 Å². The zero-order chi connectivity index (χ0) is 19.4. The first-order chi connectivity index (χ1) is 13.0. The summed E-state index contributed by atoms with van der Waals surface area (Å²) in [5.41, 5.74) is 1.16.